The van der Waals surface area contributed by atoms with Crippen molar-refractivity contribution in [2.75, 3.05) is 19.8 Å². The van der Waals surface area contributed by atoms with Crippen molar-refractivity contribution in [1.29, 1.82) is 5.26 Å². The maximum Gasteiger partial charge on any atom is 0.107 e. The summed E-state index contributed by atoms with van der Waals surface area (Å²) in [6.07, 6.45) is 3.17. The first-order chi connectivity index (χ1) is 7.28. The Bertz CT molecular complexity index is 262. The summed E-state index contributed by atoms with van der Waals surface area (Å²) in [7, 11) is 0. The van der Waals surface area contributed by atoms with Gasteiger partial charge in [0.2, 0.25) is 0 Å². The molecular weight excluding hydrogens is 208 g/mol. The molecule has 1 aliphatic carbocycles. The molecule has 0 amide bonds. The van der Waals surface area contributed by atoms with Crippen LogP contribution in [0.1, 0.15) is 26.2 Å². The highest BCUT2D eigenvalue weighted by atomic mass is 32.2. The normalized spacial score (nSPS) is 36.1. The van der Waals surface area contributed by atoms with E-state index in [0.29, 0.717) is 10.5 Å². The van der Waals surface area contributed by atoms with E-state index >= 15 is 0 Å². The van der Waals surface area contributed by atoms with Crippen molar-refractivity contribution >= 4 is 11.8 Å². The molecule has 0 bridgehead atoms. The van der Waals surface area contributed by atoms with Gasteiger partial charge in [-0.15, -0.1) is 0 Å². The number of hydrogen-bond acceptors (Lipinski definition) is 4. The molecule has 4 heteroatoms. The quantitative estimate of drug-likeness (QED) is 0.790. The molecule has 1 N–H and O–H groups in total. The SMILES string of the molecule is CCNC1(C#N)CCC(SC2COC2)C1. The van der Waals surface area contributed by atoms with E-state index in [1.807, 2.05) is 11.8 Å². The molecule has 2 rings (SSSR count). The van der Waals surface area contributed by atoms with Crippen LogP contribution in [0.15, 0.2) is 0 Å². The first-order valence-electron chi connectivity index (χ1n) is 5.67. The minimum absolute atomic E-state index is 0.239. The van der Waals surface area contributed by atoms with Gasteiger partial charge in [0, 0.05) is 5.25 Å². The Labute approximate surface area is 95.6 Å². The van der Waals surface area contributed by atoms with Crippen molar-refractivity contribution in [3.05, 3.63) is 0 Å². The van der Waals surface area contributed by atoms with Crippen LogP contribution in [-0.4, -0.2) is 35.8 Å². The summed E-state index contributed by atoms with van der Waals surface area (Å²) in [4.78, 5) is 0. The Morgan fingerprint density at radius 3 is 2.87 bits per heavy atom. The monoisotopic (exact) mass is 226 g/mol. The minimum Gasteiger partial charge on any atom is -0.379 e. The third kappa shape index (κ3) is 2.47. The zero-order chi connectivity index (χ0) is 10.7. The highest BCUT2D eigenvalue weighted by Gasteiger charge is 2.40. The van der Waals surface area contributed by atoms with Gasteiger partial charge < -0.3 is 4.74 Å². The number of rotatable bonds is 4. The first-order valence-corrected chi connectivity index (χ1v) is 6.62. The van der Waals surface area contributed by atoms with Crippen LogP contribution < -0.4 is 5.32 Å². The average molecular weight is 226 g/mol. The summed E-state index contributed by atoms with van der Waals surface area (Å²) in [5.41, 5.74) is -0.239. The molecule has 1 heterocycles. The van der Waals surface area contributed by atoms with Gasteiger partial charge in [-0.2, -0.15) is 17.0 Å². The lowest BCUT2D eigenvalue weighted by Gasteiger charge is -2.28. The molecule has 1 saturated heterocycles. The van der Waals surface area contributed by atoms with Gasteiger partial charge in [0.05, 0.1) is 24.5 Å². The molecule has 2 fully saturated rings. The predicted molar refractivity (Wildman–Crippen MR) is 61.9 cm³/mol. The topological polar surface area (TPSA) is 45.0 Å². The molecule has 3 nitrogen and oxygen atoms in total. The summed E-state index contributed by atoms with van der Waals surface area (Å²) in [6, 6.07) is 2.46. The second-order valence-corrected chi connectivity index (χ2v) is 5.99. The van der Waals surface area contributed by atoms with Crippen molar-refractivity contribution < 1.29 is 4.74 Å². The van der Waals surface area contributed by atoms with Gasteiger partial charge in [0.25, 0.3) is 0 Å². The standard InChI is InChI=1S/C11H18N2OS/c1-2-13-11(8-12)4-3-9(5-11)15-10-6-14-7-10/h9-10,13H,2-7H2,1H3. The summed E-state index contributed by atoms with van der Waals surface area (Å²) < 4.78 is 5.17. The predicted octanol–water partition coefficient (Wildman–Crippen LogP) is 1.54. The largest absolute Gasteiger partial charge is 0.379 e. The lowest BCUT2D eigenvalue weighted by Crippen LogP contribution is -2.41. The Morgan fingerprint density at radius 1 is 1.53 bits per heavy atom. The molecule has 1 saturated carbocycles. The number of nitriles is 1. The fraction of sp³-hybridized carbons (Fsp3) is 0.909. The Morgan fingerprint density at radius 2 is 2.33 bits per heavy atom. The summed E-state index contributed by atoms with van der Waals surface area (Å²) in [6.45, 7) is 4.76. The van der Waals surface area contributed by atoms with Crippen LogP contribution in [0.5, 0.6) is 0 Å². The summed E-state index contributed by atoms with van der Waals surface area (Å²) >= 11 is 2.02. The highest BCUT2D eigenvalue weighted by Crippen LogP contribution is 2.39. The van der Waals surface area contributed by atoms with Crippen LogP contribution >= 0.6 is 11.8 Å². The van der Waals surface area contributed by atoms with Crippen LogP contribution in [0.2, 0.25) is 0 Å². The van der Waals surface area contributed by atoms with Crippen molar-refractivity contribution in [2.24, 2.45) is 0 Å². The molecule has 2 atom stereocenters. The maximum absolute atomic E-state index is 9.22. The van der Waals surface area contributed by atoms with Crippen molar-refractivity contribution in [3.63, 3.8) is 0 Å². The lowest BCUT2D eigenvalue weighted by atomic mass is 10.0. The zero-order valence-corrected chi connectivity index (χ0v) is 9.98. The van der Waals surface area contributed by atoms with Gasteiger partial charge in [-0.25, -0.2) is 0 Å². The van der Waals surface area contributed by atoms with E-state index in [4.69, 9.17) is 4.74 Å². The summed E-state index contributed by atoms with van der Waals surface area (Å²) in [5.74, 6) is 0. The molecule has 2 aliphatic rings. The number of ether oxygens (including phenoxy) is 1. The maximum atomic E-state index is 9.22. The van der Waals surface area contributed by atoms with Gasteiger partial charge in [-0.3, -0.25) is 5.32 Å². The minimum atomic E-state index is -0.239. The van der Waals surface area contributed by atoms with Crippen LogP contribution in [0.25, 0.3) is 0 Å². The second-order valence-electron chi connectivity index (χ2n) is 4.38. The van der Waals surface area contributed by atoms with Crippen molar-refractivity contribution in [2.45, 2.75) is 42.2 Å². The molecule has 0 aromatic heterocycles. The van der Waals surface area contributed by atoms with Gasteiger partial charge in [-0.05, 0) is 25.8 Å². The molecule has 0 aromatic rings. The van der Waals surface area contributed by atoms with Gasteiger partial charge in [-0.1, -0.05) is 6.92 Å². The first kappa shape index (κ1) is 11.3. The lowest BCUT2D eigenvalue weighted by molar-refractivity contribution is 0.0453. The van der Waals surface area contributed by atoms with E-state index in [9.17, 15) is 5.26 Å². The Hall–Kier alpha value is -0.240. The number of nitrogens with zero attached hydrogens (tertiary/aromatic N) is 1. The number of thioether (sulfide) groups is 1. The second kappa shape index (κ2) is 4.73. The van der Waals surface area contributed by atoms with E-state index in [1.54, 1.807) is 0 Å². The molecule has 0 spiro atoms. The van der Waals surface area contributed by atoms with Crippen molar-refractivity contribution in [3.8, 4) is 6.07 Å². The Balaban J connectivity index is 1.84. The smallest absolute Gasteiger partial charge is 0.107 e. The molecule has 2 unspecified atom stereocenters. The Kier molecular flexibility index (Phi) is 3.55. The number of nitrogens with one attached hydrogen (secondary N) is 1. The molecule has 15 heavy (non-hydrogen) atoms. The highest BCUT2D eigenvalue weighted by molar-refractivity contribution is 8.00. The molecule has 84 valence electrons. The molecule has 1 aliphatic heterocycles. The third-order valence-corrected chi connectivity index (χ3v) is 4.64. The fourth-order valence-electron chi connectivity index (χ4n) is 2.32. The van der Waals surface area contributed by atoms with E-state index in [2.05, 4.69) is 18.3 Å². The molecule has 0 radical (unpaired) electrons. The average Bonchev–Trinajstić information content (AvgIpc) is 2.57. The van der Waals surface area contributed by atoms with E-state index in [1.165, 1.54) is 6.42 Å². The van der Waals surface area contributed by atoms with Crippen LogP contribution in [0, 0.1) is 11.3 Å². The zero-order valence-electron chi connectivity index (χ0n) is 9.16. The van der Waals surface area contributed by atoms with E-state index < -0.39 is 0 Å². The van der Waals surface area contributed by atoms with Crippen LogP contribution in [0.4, 0.5) is 0 Å². The van der Waals surface area contributed by atoms with Gasteiger partial charge in [0.1, 0.15) is 5.54 Å². The molecule has 0 aromatic carbocycles. The van der Waals surface area contributed by atoms with Gasteiger partial charge in [0.15, 0.2) is 0 Å². The fourth-order valence-corrected chi connectivity index (χ4v) is 3.85. The molecular formula is C11H18N2OS. The third-order valence-electron chi connectivity index (χ3n) is 3.19. The summed E-state index contributed by atoms with van der Waals surface area (Å²) in [5, 5.41) is 13.9. The van der Waals surface area contributed by atoms with Gasteiger partial charge >= 0.3 is 0 Å². The van der Waals surface area contributed by atoms with Crippen LogP contribution in [-0.2, 0) is 4.74 Å². The van der Waals surface area contributed by atoms with Crippen molar-refractivity contribution in [1.82, 2.24) is 5.32 Å². The van der Waals surface area contributed by atoms with E-state index in [-0.39, 0.29) is 5.54 Å². The number of hydrogen-bond donors (Lipinski definition) is 1. The van der Waals surface area contributed by atoms with Crippen LogP contribution in [0.3, 0.4) is 0 Å². The van der Waals surface area contributed by atoms with E-state index in [0.717, 1.165) is 32.6 Å².